The van der Waals surface area contributed by atoms with Gasteiger partial charge < -0.3 is 0 Å². The second-order valence-corrected chi connectivity index (χ2v) is 3.08. The van der Waals surface area contributed by atoms with Crippen LogP contribution in [-0.2, 0) is 0 Å². The lowest BCUT2D eigenvalue weighted by molar-refractivity contribution is 1.19. The van der Waals surface area contributed by atoms with Gasteiger partial charge in [0.15, 0.2) is 0 Å². The molecule has 0 spiro atoms. The molecular formula is C6H9I. The molecule has 0 saturated heterocycles. The Morgan fingerprint density at radius 1 is 1.71 bits per heavy atom. The molecule has 40 valence electrons. The molecule has 0 unspecified atom stereocenters. The van der Waals surface area contributed by atoms with Crippen LogP contribution in [0.3, 0.4) is 0 Å². The minimum Gasteiger partial charge on any atom is -0.0860 e. The quantitative estimate of drug-likeness (QED) is 0.371. The number of alkyl halides is 1. The largest absolute Gasteiger partial charge is 0.0860 e. The molecule has 0 saturated carbocycles. The van der Waals surface area contributed by atoms with Crippen LogP contribution in [0.4, 0.5) is 0 Å². The SMILES string of the molecule is CC1=C(CCI)C1. The van der Waals surface area contributed by atoms with Gasteiger partial charge in [-0.2, -0.15) is 0 Å². The van der Waals surface area contributed by atoms with Crippen molar-refractivity contribution in [3.05, 3.63) is 11.1 Å². The van der Waals surface area contributed by atoms with Crippen LogP contribution in [0.25, 0.3) is 0 Å². The molecule has 0 aliphatic heterocycles. The van der Waals surface area contributed by atoms with Crippen LogP contribution in [0.5, 0.6) is 0 Å². The molecular weight excluding hydrogens is 199 g/mol. The molecule has 1 rings (SSSR count). The molecule has 0 aromatic heterocycles. The van der Waals surface area contributed by atoms with E-state index in [2.05, 4.69) is 29.5 Å². The van der Waals surface area contributed by atoms with E-state index in [0.717, 1.165) is 0 Å². The minimum absolute atomic E-state index is 1.30. The van der Waals surface area contributed by atoms with E-state index in [1.165, 1.54) is 17.3 Å². The Kier molecular flexibility index (Phi) is 1.73. The Bertz CT molecular complexity index is 103. The maximum atomic E-state index is 2.42. The van der Waals surface area contributed by atoms with E-state index in [1.807, 2.05) is 0 Å². The van der Waals surface area contributed by atoms with Gasteiger partial charge in [-0.15, -0.1) is 0 Å². The normalized spacial score (nSPS) is 18.0. The second kappa shape index (κ2) is 2.16. The summed E-state index contributed by atoms with van der Waals surface area (Å²) in [6.07, 6.45) is 2.68. The van der Waals surface area contributed by atoms with Crippen LogP contribution < -0.4 is 0 Å². The van der Waals surface area contributed by atoms with Crippen LogP contribution in [0.15, 0.2) is 11.1 Å². The van der Waals surface area contributed by atoms with Crippen molar-refractivity contribution in [2.24, 2.45) is 0 Å². The van der Waals surface area contributed by atoms with E-state index < -0.39 is 0 Å². The highest BCUT2D eigenvalue weighted by Gasteiger charge is 2.13. The van der Waals surface area contributed by atoms with Crippen LogP contribution >= 0.6 is 22.6 Å². The highest BCUT2D eigenvalue weighted by atomic mass is 127. The van der Waals surface area contributed by atoms with Gasteiger partial charge >= 0.3 is 0 Å². The maximum Gasteiger partial charge on any atom is 0.00328 e. The predicted molar refractivity (Wildman–Crippen MR) is 40.8 cm³/mol. The molecule has 0 fully saturated rings. The number of rotatable bonds is 2. The van der Waals surface area contributed by atoms with Crippen molar-refractivity contribution in [2.75, 3.05) is 4.43 Å². The first kappa shape index (κ1) is 5.60. The molecule has 0 nitrogen and oxygen atoms in total. The fourth-order valence-corrected chi connectivity index (χ4v) is 1.34. The molecule has 0 radical (unpaired) electrons. The molecule has 1 aliphatic carbocycles. The summed E-state index contributed by atoms with van der Waals surface area (Å²) in [6, 6.07) is 0. The number of hydrogen-bond acceptors (Lipinski definition) is 0. The maximum absolute atomic E-state index is 2.42. The molecule has 0 heterocycles. The van der Waals surface area contributed by atoms with E-state index in [4.69, 9.17) is 0 Å². The molecule has 0 amide bonds. The average Bonchev–Trinajstić information content (AvgIpc) is 2.22. The molecule has 1 heteroatoms. The summed E-state index contributed by atoms with van der Waals surface area (Å²) in [5.41, 5.74) is 3.34. The van der Waals surface area contributed by atoms with Gasteiger partial charge in [-0.1, -0.05) is 33.7 Å². The Hall–Kier alpha value is 0.470. The van der Waals surface area contributed by atoms with Crippen LogP contribution in [-0.4, -0.2) is 4.43 Å². The first-order chi connectivity index (χ1) is 3.34. The first-order valence-electron chi connectivity index (χ1n) is 2.58. The van der Waals surface area contributed by atoms with Crippen molar-refractivity contribution in [3.63, 3.8) is 0 Å². The van der Waals surface area contributed by atoms with Gasteiger partial charge in [0.05, 0.1) is 0 Å². The first-order valence-corrected chi connectivity index (χ1v) is 4.10. The molecule has 0 bridgehead atoms. The zero-order valence-electron chi connectivity index (χ0n) is 4.50. The van der Waals surface area contributed by atoms with Crippen molar-refractivity contribution < 1.29 is 0 Å². The lowest BCUT2D eigenvalue weighted by Gasteiger charge is -1.77. The van der Waals surface area contributed by atoms with E-state index in [9.17, 15) is 0 Å². The highest BCUT2D eigenvalue weighted by Crippen LogP contribution is 2.32. The zero-order valence-corrected chi connectivity index (χ0v) is 6.66. The van der Waals surface area contributed by atoms with E-state index >= 15 is 0 Å². The Morgan fingerprint density at radius 3 is 2.43 bits per heavy atom. The molecule has 0 atom stereocenters. The molecule has 7 heavy (non-hydrogen) atoms. The number of hydrogen-bond donors (Lipinski definition) is 0. The summed E-state index contributed by atoms with van der Waals surface area (Å²) in [5.74, 6) is 0. The van der Waals surface area contributed by atoms with Gasteiger partial charge in [-0.05, 0) is 19.8 Å². The van der Waals surface area contributed by atoms with E-state index in [-0.39, 0.29) is 0 Å². The van der Waals surface area contributed by atoms with E-state index in [0.29, 0.717) is 0 Å². The molecule has 0 aromatic carbocycles. The van der Waals surface area contributed by atoms with Crippen LogP contribution in [0.1, 0.15) is 19.8 Å². The third-order valence-electron chi connectivity index (χ3n) is 1.35. The summed E-state index contributed by atoms with van der Waals surface area (Å²) >= 11 is 2.42. The fraction of sp³-hybridized carbons (Fsp3) is 0.667. The van der Waals surface area contributed by atoms with Gasteiger partial charge in [0.25, 0.3) is 0 Å². The van der Waals surface area contributed by atoms with Crippen LogP contribution in [0.2, 0.25) is 0 Å². The van der Waals surface area contributed by atoms with E-state index in [1.54, 1.807) is 11.1 Å². The Balaban J connectivity index is 2.19. The fourth-order valence-electron chi connectivity index (χ4n) is 0.692. The lowest BCUT2D eigenvalue weighted by Crippen LogP contribution is -1.64. The topological polar surface area (TPSA) is 0 Å². The monoisotopic (exact) mass is 208 g/mol. The second-order valence-electron chi connectivity index (χ2n) is 2.00. The number of halogens is 1. The Morgan fingerprint density at radius 2 is 2.29 bits per heavy atom. The summed E-state index contributed by atoms with van der Waals surface area (Å²) < 4.78 is 1.30. The summed E-state index contributed by atoms with van der Waals surface area (Å²) in [5, 5.41) is 0. The van der Waals surface area contributed by atoms with Crippen molar-refractivity contribution in [3.8, 4) is 0 Å². The third kappa shape index (κ3) is 1.44. The average molecular weight is 208 g/mol. The third-order valence-corrected chi connectivity index (χ3v) is 1.89. The van der Waals surface area contributed by atoms with Crippen molar-refractivity contribution in [2.45, 2.75) is 19.8 Å². The van der Waals surface area contributed by atoms with Gasteiger partial charge in [-0.25, -0.2) is 0 Å². The van der Waals surface area contributed by atoms with Gasteiger partial charge in [0.2, 0.25) is 0 Å². The summed E-state index contributed by atoms with van der Waals surface area (Å²) in [7, 11) is 0. The lowest BCUT2D eigenvalue weighted by atomic mass is 10.4. The van der Waals surface area contributed by atoms with Crippen molar-refractivity contribution >= 4 is 22.6 Å². The molecule has 1 aliphatic rings. The van der Waals surface area contributed by atoms with Crippen molar-refractivity contribution in [1.82, 2.24) is 0 Å². The number of allylic oxidation sites excluding steroid dienone is 2. The molecule has 0 N–H and O–H groups in total. The van der Waals surface area contributed by atoms with Crippen LogP contribution in [0, 0.1) is 0 Å². The Labute approximate surface area is 58.1 Å². The highest BCUT2D eigenvalue weighted by molar-refractivity contribution is 14.1. The van der Waals surface area contributed by atoms with Gasteiger partial charge in [0, 0.05) is 4.43 Å². The summed E-state index contributed by atoms with van der Waals surface area (Å²) in [6.45, 7) is 2.22. The zero-order chi connectivity index (χ0) is 5.28. The molecule has 0 aromatic rings. The minimum atomic E-state index is 1.30. The summed E-state index contributed by atoms with van der Waals surface area (Å²) in [4.78, 5) is 0. The smallest absolute Gasteiger partial charge is 0.00328 e. The predicted octanol–water partition coefficient (Wildman–Crippen LogP) is 2.53. The standard InChI is InChI=1S/C6H9I/c1-5-4-6(5)2-3-7/h2-4H2,1H3. The van der Waals surface area contributed by atoms with Crippen molar-refractivity contribution in [1.29, 1.82) is 0 Å². The van der Waals surface area contributed by atoms with Gasteiger partial charge in [0.1, 0.15) is 0 Å². The van der Waals surface area contributed by atoms with Gasteiger partial charge in [-0.3, -0.25) is 0 Å².